The van der Waals surface area contributed by atoms with Crippen LogP contribution in [0.2, 0.25) is 5.02 Å². The zero-order valence-corrected chi connectivity index (χ0v) is 15.1. The summed E-state index contributed by atoms with van der Waals surface area (Å²) in [7, 11) is 0. The number of hydrogen-bond donors (Lipinski definition) is 2. The molecule has 3 rings (SSSR count). The number of carboxylic acid groups (broad SMARTS) is 1. The molecule has 26 heavy (non-hydrogen) atoms. The lowest BCUT2D eigenvalue weighted by molar-refractivity contribution is -0.136. The smallest absolute Gasteiger partial charge is 0.311 e. The average molecular weight is 378 g/mol. The highest BCUT2D eigenvalue weighted by Gasteiger charge is 2.21. The van der Waals surface area contributed by atoms with E-state index in [2.05, 4.69) is 5.32 Å². The van der Waals surface area contributed by atoms with E-state index in [1.165, 1.54) is 19.1 Å². The first-order valence-corrected chi connectivity index (χ1v) is 8.88. The molecule has 1 aromatic carbocycles. The molecule has 1 aromatic heterocycles. The first-order chi connectivity index (χ1) is 12.4. The summed E-state index contributed by atoms with van der Waals surface area (Å²) in [4.78, 5) is 23.4. The molecule has 2 aromatic rings. The number of halogens is 1. The number of ether oxygens (including phenoxy) is 1. The van der Waals surface area contributed by atoms with Crippen LogP contribution in [0.15, 0.2) is 28.9 Å². The van der Waals surface area contributed by atoms with Gasteiger partial charge in [0.05, 0.1) is 23.0 Å². The van der Waals surface area contributed by atoms with Crippen LogP contribution in [-0.4, -0.2) is 23.1 Å². The molecule has 1 aliphatic rings. The van der Waals surface area contributed by atoms with Gasteiger partial charge in [-0.15, -0.1) is 0 Å². The number of benzene rings is 1. The molecule has 0 bridgehead atoms. The number of rotatable bonds is 6. The lowest BCUT2D eigenvalue weighted by Crippen LogP contribution is -2.16. The van der Waals surface area contributed by atoms with Gasteiger partial charge in [0.1, 0.15) is 17.9 Å². The highest BCUT2D eigenvalue weighted by molar-refractivity contribution is 6.32. The van der Waals surface area contributed by atoms with Crippen LogP contribution in [0, 0.1) is 6.92 Å². The Morgan fingerprint density at radius 2 is 2.08 bits per heavy atom. The van der Waals surface area contributed by atoms with Gasteiger partial charge in [-0.3, -0.25) is 9.59 Å². The molecule has 6 nitrogen and oxygen atoms in total. The number of amides is 1. The quantitative estimate of drug-likeness (QED) is 0.776. The second-order valence-electron chi connectivity index (χ2n) is 6.41. The topological polar surface area (TPSA) is 88.8 Å². The van der Waals surface area contributed by atoms with E-state index in [0.29, 0.717) is 22.0 Å². The molecule has 0 unspecified atom stereocenters. The lowest BCUT2D eigenvalue weighted by atomic mass is 10.1. The van der Waals surface area contributed by atoms with E-state index >= 15 is 0 Å². The van der Waals surface area contributed by atoms with Gasteiger partial charge in [-0.1, -0.05) is 11.6 Å². The predicted octanol–water partition coefficient (Wildman–Crippen LogP) is 4.44. The maximum atomic E-state index is 12.5. The third-order valence-electron chi connectivity index (χ3n) is 4.38. The number of carboxylic acids is 1. The number of carbonyl (C=O) groups is 2. The van der Waals surface area contributed by atoms with Crippen LogP contribution in [0.25, 0.3) is 0 Å². The molecule has 0 spiro atoms. The number of aliphatic carboxylic acids is 1. The fourth-order valence-electron chi connectivity index (χ4n) is 3.12. The maximum Gasteiger partial charge on any atom is 0.311 e. The molecule has 138 valence electrons. The molecule has 1 amide bonds. The average Bonchev–Trinajstić information content (AvgIpc) is 3.19. The molecule has 1 saturated carbocycles. The van der Waals surface area contributed by atoms with Gasteiger partial charge in [-0.05, 0) is 50.8 Å². The molecule has 0 radical (unpaired) electrons. The number of hydrogen-bond acceptors (Lipinski definition) is 4. The second-order valence-corrected chi connectivity index (χ2v) is 6.82. The molecule has 1 heterocycles. The van der Waals surface area contributed by atoms with Crippen LogP contribution in [0.1, 0.15) is 47.4 Å². The minimum atomic E-state index is -1.06. The van der Waals surface area contributed by atoms with E-state index in [9.17, 15) is 9.59 Å². The van der Waals surface area contributed by atoms with Crippen LogP contribution >= 0.6 is 11.6 Å². The number of carbonyl (C=O) groups excluding carboxylic acids is 1. The predicted molar refractivity (Wildman–Crippen MR) is 97.1 cm³/mol. The van der Waals surface area contributed by atoms with Gasteiger partial charge in [0.2, 0.25) is 0 Å². The minimum Gasteiger partial charge on any atom is -0.489 e. The standard InChI is InChI=1S/C19H20ClNO5/c1-11-10-25-16(9-17(22)23)18(11)19(24)21-12-6-7-15(14(20)8-12)26-13-4-2-3-5-13/h6-8,10,13H,2-5,9H2,1H3,(H,21,24)(H,22,23). The monoisotopic (exact) mass is 377 g/mol. The Morgan fingerprint density at radius 1 is 1.35 bits per heavy atom. The Balaban J connectivity index is 1.72. The molecule has 0 saturated heterocycles. The minimum absolute atomic E-state index is 0.125. The maximum absolute atomic E-state index is 12.5. The highest BCUT2D eigenvalue weighted by Crippen LogP contribution is 2.32. The van der Waals surface area contributed by atoms with E-state index in [4.69, 9.17) is 25.9 Å². The van der Waals surface area contributed by atoms with Crippen molar-refractivity contribution in [2.24, 2.45) is 0 Å². The van der Waals surface area contributed by atoms with E-state index in [0.717, 1.165) is 12.8 Å². The number of nitrogens with one attached hydrogen (secondary N) is 1. The van der Waals surface area contributed by atoms with E-state index in [1.807, 2.05) is 0 Å². The Hall–Kier alpha value is -2.47. The molecule has 7 heteroatoms. The van der Waals surface area contributed by atoms with Crippen LogP contribution < -0.4 is 10.1 Å². The zero-order chi connectivity index (χ0) is 18.7. The molecular formula is C19H20ClNO5. The van der Waals surface area contributed by atoms with Gasteiger partial charge in [-0.2, -0.15) is 0 Å². The summed E-state index contributed by atoms with van der Waals surface area (Å²) in [6.07, 6.45) is 5.60. The highest BCUT2D eigenvalue weighted by atomic mass is 35.5. The summed E-state index contributed by atoms with van der Waals surface area (Å²) in [5.41, 5.74) is 1.31. The third-order valence-corrected chi connectivity index (χ3v) is 4.67. The summed E-state index contributed by atoms with van der Waals surface area (Å²) in [6.45, 7) is 1.69. The van der Waals surface area contributed by atoms with E-state index < -0.39 is 11.9 Å². The van der Waals surface area contributed by atoms with Crippen molar-refractivity contribution in [3.63, 3.8) is 0 Å². The fourth-order valence-corrected chi connectivity index (χ4v) is 3.35. The van der Waals surface area contributed by atoms with Gasteiger partial charge in [0.25, 0.3) is 5.91 Å². The Kier molecular flexibility index (Phi) is 5.52. The summed E-state index contributed by atoms with van der Waals surface area (Å²) in [6, 6.07) is 5.06. The zero-order valence-electron chi connectivity index (χ0n) is 14.4. The van der Waals surface area contributed by atoms with Crippen molar-refractivity contribution in [1.82, 2.24) is 0 Å². The van der Waals surface area contributed by atoms with Crippen molar-refractivity contribution in [1.29, 1.82) is 0 Å². The first-order valence-electron chi connectivity index (χ1n) is 8.50. The van der Waals surface area contributed by atoms with E-state index in [-0.39, 0.29) is 23.8 Å². The Bertz CT molecular complexity index is 823. The number of furan rings is 1. The van der Waals surface area contributed by atoms with Crippen LogP contribution in [0.3, 0.4) is 0 Å². The second kappa shape index (κ2) is 7.83. The van der Waals surface area contributed by atoms with Crippen LogP contribution in [0.5, 0.6) is 5.75 Å². The molecule has 2 N–H and O–H groups in total. The normalized spacial score (nSPS) is 14.4. The lowest BCUT2D eigenvalue weighted by Gasteiger charge is -2.15. The van der Waals surface area contributed by atoms with Crippen molar-refractivity contribution < 1.29 is 23.8 Å². The molecule has 0 aliphatic heterocycles. The van der Waals surface area contributed by atoms with Crippen molar-refractivity contribution >= 4 is 29.2 Å². The third kappa shape index (κ3) is 4.19. The number of aryl methyl sites for hydroxylation is 1. The van der Waals surface area contributed by atoms with Crippen molar-refractivity contribution in [3.05, 3.63) is 46.4 Å². The molecular weight excluding hydrogens is 358 g/mol. The molecule has 0 atom stereocenters. The van der Waals surface area contributed by atoms with Gasteiger partial charge in [-0.25, -0.2) is 0 Å². The summed E-state index contributed by atoms with van der Waals surface area (Å²) >= 11 is 6.28. The Labute approximate surface area is 156 Å². The van der Waals surface area contributed by atoms with Gasteiger partial charge >= 0.3 is 5.97 Å². The number of anilines is 1. The van der Waals surface area contributed by atoms with Gasteiger partial charge in [0.15, 0.2) is 0 Å². The van der Waals surface area contributed by atoms with Gasteiger partial charge < -0.3 is 19.6 Å². The van der Waals surface area contributed by atoms with Crippen molar-refractivity contribution in [2.75, 3.05) is 5.32 Å². The summed E-state index contributed by atoms with van der Waals surface area (Å²) < 4.78 is 11.1. The first kappa shape index (κ1) is 18.3. The van der Waals surface area contributed by atoms with Crippen LogP contribution in [-0.2, 0) is 11.2 Å². The fraction of sp³-hybridized carbons (Fsp3) is 0.368. The van der Waals surface area contributed by atoms with E-state index in [1.54, 1.807) is 25.1 Å². The largest absolute Gasteiger partial charge is 0.489 e. The molecule has 1 fully saturated rings. The van der Waals surface area contributed by atoms with Crippen molar-refractivity contribution in [2.45, 2.75) is 45.1 Å². The Morgan fingerprint density at radius 3 is 2.73 bits per heavy atom. The van der Waals surface area contributed by atoms with Gasteiger partial charge in [0, 0.05) is 11.3 Å². The van der Waals surface area contributed by atoms with Crippen molar-refractivity contribution in [3.8, 4) is 5.75 Å². The summed E-state index contributed by atoms with van der Waals surface area (Å²) in [5, 5.41) is 12.1. The van der Waals surface area contributed by atoms with Crippen LogP contribution in [0.4, 0.5) is 5.69 Å². The SMILES string of the molecule is Cc1coc(CC(=O)O)c1C(=O)Nc1ccc(OC2CCCC2)c(Cl)c1. The molecule has 1 aliphatic carbocycles. The summed E-state index contributed by atoms with van der Waals surface area (Å²) in [5.74, 6) is -0.778.